The van der Waals surface area contributed by atoms with Crippen molar-refractivity contribution in [2.24, 2.45) is 5.16 Å². The Morgan fingerprint density at radius 1 is 1.23 bits per heavy atom. The highest BCUT2D eigenvalue weighted by Gasteiger charge is 2.55. The van der Waals surface area contributed by atoms with Crippen LogP contribution in [0.25, 0.3) is 0 Å². The molecule has 136 valence electrons. The van der Waals surface area contributed by atoms with E-state index in [2.05, 4.69) is 5.16 Å². The number of esters is 1. The number of carbonyl (C=O) groups excluding carboxylic acids is 1. The maximum absolute atomic E-state index is 12.5. The Kier molecular flexibility index (Phi) is 5.15. The fourth-order valence-corrected chi connectivity index (χ4v) is 3.12. The van der Waals surface area contributed by atoms with Crippen LogP contribution >= 0.6 is 11.6 Å². The number of benzene rings is 2. The molecule has 1 heterocycles. The Balaban J connectivity index is 1.93. The van der Waals surface area contributed by atoms with Crippen LogP contribution in [-0.2, 0) is 14.4 Å². The predicted molar refractivity (Wildman–Crippen MR) is 96.4 cm³/mol. The number of hydrogen-bond donors (Lipinski definition) is 1. The smallest absolute Gasteiger partial charge is 0.356 e. The van der Waals surface area contributed by atoms with Crippen LogP contribution in [0.15, 0.2) is 53.7 Å². The van der Waals surface area contributed by atoms with Gasteiger partial charge in [0.1, 0.15) is 11.9 Å². The first-order valence-electron chi connectivity index (χ1n) is 7.92. The lowest BCUT2D eigenvalue weighted by atomic mass is 9.85. The molecule has 2 unspecified atom stereocenters. The summed E-state index contributed by atoms with van der Waals surface area (Å²) >= 11 is 6.18. The molecule has 7 heteroatoms. The summed E-state index contributed by atoms with van der Waals surface area (Å²) in [6, 6.07) is 13.9. The number of aliphatic hydroxyl groups is 1. The van der Waals surface area contributed by atoms with Crippen LogP contribution in [0.5, 0.6) is 5.75 Å². The SMILES string of the molecule is COC(=O)C1(C(O)c2ccccc2Cl)CC(c2ccc(OC)cc2)=NO1. The summed E-state index contributed by atoms with van der Waals surface area (Å²) in [6.45, 7) is 0. The van der Waals surface area contributed by atoms with Crippen LogP contribution in [-0.4, -0.2) is 36.6 Å². The van der Waals surface area contributed by atoms with Gasteiger partial charge in [-0.25, -0.2) is 4.79 Å². The van der Waals surface area contributed by atoms with Gasteiger partial charge in [-0.1, -0.05) is 35.0 Å². The van der Waals surface area contributed by atoms with Crippen molar-refractivity contribution in [3.63, 3.8) is 0 Å². The molecule has 0 saturated carbocycles. The molecule has 2 atom stereocenters. The lowest BCUT2D eigenvalue weighted by molar-refractivity contribution is -0.182. The highest BCUT2D eigenvalue weighted by atomic mass is 35.5. The second kappa shape index (κ2) is 7.35. The zero-order valence-electron chi connectivity index (χ0n) is 14.3. The Labute approximate surface area is 155 Å². The van der Waals surface area contributed by atoms with Crippen LogP contribution in [0.4, 0.5) is 0 Å². The number of hydrogen-bond acceptors (Lipinski definition) is 6. The number of ether oxygens (including phenoxy) is 2. The third-order valence-electron chi connectivity index (χ3n) is 4.34. The fraction of sp³-hybridized carbons (Fsp3) is 0.263. The van der Waals surface area contributed by atoms with E-state index in [1.54, 1.807) is 55.6 Å². The third-order valence-corrected chi connectivity index (χ3v) is 4.69. The van der Waals surface area contributed by atoms with Gasteiger partial charge in [-0.15, -0.1) is 0 Å². The summed E-state index contributed by atoms with van der Waals surface area (Å²) in [5, 5.41) is 15.3. The first-order chi connectivity index (χ1) is 12.5. The highest BCUT2D eigenvalue weighted by molar-refractivity contribution is 6.31. The van der Waals surface area contributed by atoms with E-state index in [0.29, 0.717) is 22.0 Å². The molecule has 0 saturated heterocycles. The van der Waals surface area contributed by atoms with E-state index in [9.17, 15) is 9.90 Å². The van der Waals surface area contributed by atoms with E-state index in [1.165, 1.54) is 7.11 Å². The van der Waals surface area contributed by atoms with Gasteiger partial charge < -0.3 is 19.4 Å². The molecule has 6 nitrogen and oxygen atoms in total. The molecule has 1 N–H and O–H groups in total. The number of rotatable bonds is 5. The normalized spacial score (nSPS) is 20.1. The van der Waals surface area contributed by atoms with Crippen molar-refractivity contribution >= 4 is 23.3 Å². The lowest BCUT2D eigenvalue weighted by Gasteiger charge is -2.29. The summed E-state index contributed by atoms with van der Waals surface area (Å²) in [5.41, 5.74) is -0.0625. The average Bonchev–Trinajstić information content (AvgIpc) is 3.14. The molecular formula is C19H18ClNO5. The van der Waals surface area contributed by atoms with Crippen LogP contribution in [0.2, 0.25) is 5.02 Å². The van der Waals surface area contributed by atoms with Crippen molar-refractivity contribution < 1.29 is 24.2 Å². The molecule has 1 aliphatic heterocycles. The number of nitrogens with zero attached hydrogens (tertiary/aromatic N) is 1. The summed E-state index contributed by atoms with van der Waals surface area (Å²) in [7, 11) is 2.81. The first kappa shape index (κ1) is 18.2. The minimum absolute atomic E-state index is 0.0401. The summed E-state index contributed by atoms with van der Waals surface area (Å²) in [5.74, 6) is -0.0271. The molecule has 0 aliphatic carbocycles. The van der Waals surface area contributed by atoms with E-state index in [4.69, 9.17) is 25.9 Å². The number of carbonyl (C=O) groups is 1. The second-order valence-corrected chi connectivity index (χ2v) is 6.25. The molecule has 0 spiro atoms. The van der Waals surface area contributed by atoms with Gasteiger partial charge in [-0.3, -0.25) is 0 Å². The molecule has 0 bridgehead atoms. The summed E-state index contributed by atoms with van der Waals surface area (Å²) < 4.78 is 10.0. The molecule has 2 aromatic rings. The van der Waals surface area contributed by atoms with E-state index in [0.717, 1.165) is 5.56 Å². The molecule has 0 aromatic heterocycles. The van der Waals surface area contributed by atoms with Gasteiger partial charge in [-0.05, 0) is 35.9 Å². The molecule has 3 rings (SSSR count). The molecule has 1 aliphatic rings. The van der Waals surface area contributed by atoms with Crippen molar-refractivity contribution in [2.75, 3.05) is 14.2 Å². The van der Waals surface area contributed by atoms with E-state index < -0.39 is 17.7 Å². The summed E-state index contributed by atoms with van der Waals surface area (Å²) in [4.78, 5) is 18.0. The molecule has 2 aromatic carbocycles. The lowest BCUT2D eigenvalue weighted by Crippen LogP contribution is -2.46. The summed E-state index contributed by atoms with van der Waals surface area (Å²) in [6.07, 6.45) is -1.30. The average molecular weight is 376 g/mol. The number of aliphatic hydroxyl groups excluding tert-OH is 1. The van der Waals surface area contributed by atoms with Gasteiger partial charge in [0, 0.05) is 10.6 Å². The topological polar surface area (TPSA) is 77.4 Å². The van der Waals surface area contributed by atoms with Crippen molar-refractivity contribution in [1.82, 2.24) is 0 Å². The Morgan fingerprint density at radius 2 is 1.92 bits per heavy atom. The number of methoxy groups -OCH3 is 2. The van der Waals surface area contributed by atoms with Crippen molar-refractivity contribution in [1.29, 1.82) is 0 Å². The zero-order chi connectivity index (χ0) is 18.7. The number of halogens is 1. The zero-order valence-corrected chi connectivity index (χ0v) is 15.1. The molecular weight excluding hydrogens is 358 g/mol. The highest BCUT2D eigenvalue weighted by Crippen LogP contribution is 2.41. The predicted octanol–water partition coefficient (Wildman–Crippen LogP) is 3.12. The number of oxime groups is 1. The Bertz CT molecular complexity index is 836. The van der Waals surface area contributed by atoms with E-state index in [1.807, 2.05) is 0 Å². The Hall–Kier alpha value is -2.57. The van der Waals surface area contributed by atoms with E-state index >= 15 is 0 Å². The van der Waals surface area contributed by atoms with Crippen LogP contribution in [0, 0.1) is 0 Å². The quantitative estimate of drug-likeness (QED) is 0.812. The molecule has 26 heavy (non-hydrogen) atoms. The van der Waals surface area contributed by atoms with Gasteiger partial charge in [-0.2, -0.15) is 0 Å². The van der Waals surface area contributed by atoms with Crippen LogP contribution in [0.3, 0.4) is 0 Å². The minimum atomic E-state index is -1.70. The van der Waals surface area contributed by atoms with Crippen LogP contribution in [0.1, 0.15) is 23.7 Å². The monoisotopic (exact) mass is 375 g/mol. The maximum atomic E-state index is 12.5. The second-order valence-electron chi connectivity index (χ2n) is 5.84. The molecule has 0 amide bonds. The minimum Gasteiger partial charge on any atom is -0.497 e. The first-order valence-corrected chi connectivity index (χ1v) is 8.30. The van der Waals surface area contributed by atoms with Crippen molar-refractivity contribution in [2.45, 2.75) is 18.1 Å². The third kappa shape index (κ3) is 3.13. The fourth-order valence-electron chi connectivity index (χ4n) is 2.88. The van der Waals surface area contributed by atoms with Gasteiger partial charge in [0.05, 0.1) is 26.4 Å². The molecule has 0 radical (unpaired) electrons. The van der Waals surface area contributed by atoms with Gasteiger partial charge >= 0.3 is 5.97 Å². The van der Waals surface area contributed by atoms with E-state index in [-0.39, 0.29) is 6.42 Å². The molecule has 0 fully saturated rings. The van der Waals surface area contributed by atoms with Gasteiger partial charge in [0.15, 0.2) is 0 Å². The maximum Gasteiger partial charge on any atom is 0.356 e. The van der Waals surface area contributed by atoms with Crippen molar-refractivity contribution in [3.05, 3.63) is 64.7 Å². The van der Waals surface area contributed by atoms with Gasteiger partial charge in [0.2, 0.25) is 0 Å². The Morgan fingerprint density at radius 3 is 2.54 bits per heavy atom. The standard InChI is InChI=1S/C19H18ClNO5/c1-24-13-9-7-12(8-10-13)16-11-19(26-21-16,18(23)25-2)17(22)14-5-3-4-6-15(14)20/h3-10,17,22H,11H2,1-2H3. The van der Waals surface area contributed by atoms with Crippen LogP contribution < -0.4 is 4.74 Å². The van der Waals surface area contributed by atoms with Crippen molar-refractivity contribution in [3.8, 4) is 5.75 Å². The van der Waals surface area contributed by atoms with Gasteiger partial charge in [0.25, 0.3) is 5.60 Å². The largest absolute Gasteiger partial charge is 0.497 e.